The van der Waals surface area contributed by atoms with Gasteiger partial charge < -0.3 is 5.32 Å². The molecule has 17 heavy (non-hydrogen) atoms. The lowest BCUT2D eigenvalue weighted by Gasteiger charge is -2.30. The van der Waals surface area contributed by atoms with Gasteiger partial charge in [0.1, 0.15) is 5.01 Å². The summed E-state index contributed by atoms with van der Waals surface area (Å²) in [7, 11) is 0. The maximum absolute atomic E-state index is 4.88. The van der Waals surface area contributed by atoms with Crippen LogP contribution in [0.5, 0.6) is 0 Å². The van der Waals surface area contributed by atoms with Gasteiger partial charge in [-0.2, -0.15) is 11.8 Å². The van der Waals surface area contributed by atoms with E-state index in [1.807, 2.05) is 11.3 Å². The third-order valence-electron chi connectivity index (χ3n) is 3.44. The minimum absolute atomic E-state index is 0.627. The maximum atomic E-state index is 4.88. The first kappa shape index (κ1) is 12.3. The fourth-order valence-electron chi connectivity index (χ4n) is 2.20. The van der Waals surface area contributed by atoms with Crippen LogP contribution in [0.2, 0.25) is 0 Å². The molecule has 3 unspecified atom stereocenters. The molecule has 3 heterocycles. The molecule has 1 N–H and O–H groups in total. The van der Waals surface area contributed by atoms with Gasteiger partial charge in [0.05, 0.1) is 10.9 Å². The summed E-state index contributed by atoms with van der Waals surface area (Å²) in [5.41, 5.74) is 1.36. The third-order valence-corrected chi connectivity index (χ3v) is 8.20. The van der Waals surface area contributed by atoms with Gasteiger partial charge in [0, 0.05) is 40.6 Å². The zero-order valence-corrected chi connectivity index (χ0v) is 12.7. The Hall–Kier alpha value is 0.290. The SMILES string of the molecule is CC1SCC(c2nc3c(s2)CNCC3)SC1C. The van der Waals surface area contributed by atoms with E-state index in [9.17, 15) is 0 Å². The first-order valence-corrected chi connectivity index (χ1v) is 9.01. The van der Waals surface area contributed by atoms with E-state index in [0.29, 0.717) is 5.25 Å². The van der Waals surface area contributed by atoms with Crippen molar-refractivity contribution >= 4 is 34.9 Å². The number of nitrogens with one attached hydrogen (secondary N) is 1. The summed E-state index contributed by atoms with van der Waals surface area (Å²) < 4.78 is 0. The molecular weight excluding hydrogens is 268 g/mol. The molecule has 2 nitrogen and oxygen atoms in total. The Morgan fingerprint density at radius 3 is 2.94 bits per heavy atom. The van der Waals surface area contributed by atoms with Crippen molar-refractivity contribution in [3.63, 3.8) is 0 Å². The van der Waals surface area contributed by atoms with Crippen LogP contribution < -0.4 is 5.32 Å². The highest BCUT2D eigenvalue weighted by Gasteiger charge is 2.29. The number of thioether (sulfide) groups is 2. The summed E-state index contributed by atoms with van der Waals surface area (Å²) in [6.45, 7) is 6.82. The van der Waals surface area contributed by atoms with Crippen LogP contribution in [0.3, 0.4) is 0 Å². The van der Waals surface area contributed by atoms with Crippen LogP contribution in [0.1, 0.15) is 34.7 Å². The maximum Gasteiger partial charge on any atom is 0.107 e. The van der Waals surface area contributed by atoms with Crippen LogP contribution in [-0.2, 0) is 13.0 Å². The lowest BCUT2D eigenvalue weighted by molar-refractivity contribution is 0.642. The topological polar surface area (TPSA) is 24.9 Å². The van der Waals surface area contributed by atoms with Crippen LogP contribution in [0.4, 0.5) is 0 Å². The van der Waals surface area contributed by atoms with Gasteiger partial charge in [-0.1, -0.05) is 13.8 Å². The molecule has 2 aliphatic rings. The second-order valence-corrected chi connectivity index (χ2v) is 8.83. The summed E-state index contributed by atoms with van der Waals surface area (Å²) in [6.07, 6.45) is 1.11. The highest BCUT2D eigenvalue weighted by atomic mass is 32.2. The smallest absolute Gasteiger partial charge is 0.107 e. The standard InChI is InChI=1S/C12H18N2S3/c1-7-8(2)16-11(6-15-7)12-14-9-3-4-13-5-10(9)17-12/h7-8,11,13H,3-6H2,1-2H3. The summed E-state index contributed by atoms with van der Waals surface area (Å²) in [4.78, 5) is 6.35. The summed E-state index contributed by atoms with van der Waals surface area (Å²) >= 11 is 6.16. The summed E-state index contributed by atoms with van der Waals surface area (Å²) in [5.74, 6) is 1.23. The first-order chi connectivity index (χ1) is 8.24. The molecule has 0 radical (unpaired) electrons. The lowest BCUT2D eigenvalue weighted by atomic mass is 10.2. The normalized spacial score (nSPS) is 33.4. The van der Waals surface area contributed by atoms with Crippen LogP contribution >= 0.6 is 34.9 Å². The minimum Gasteiger partial charge on any atom is -0.311 e. The molecule has 0 aromatic carbocycles. The molecule has 94 valence electrons. The quantitative estimate of drug-likeness (QED) is 0.857. The Kier molecular flexibility index (Phi) is 3.71. The number of thiazole rings is 1. The van der Waals surface area contributed by atoms with Crippen molar-refractivity contribution in [1.29, 1.82) is 0 Å². The zero-order valence-electron chi connectivity index (χ0n) is 10.2. The van der Waals surface area contributed by atoms with Gasteiger partial charge in [0.15, 0.2) is 0 Å². The van der Waals surface area contributed by atoms with E-state index in [1.54, 1.807) is 0 Å². The average molecular weight is 286 g/mol. The van der Waals surface area contributed by atoms with Crippen molar-refractivity contribution in [2.75, 3.05) is 12.3 Å². The Morgan fingerprint density at radius 2 is 2.18 bits per heavy atom. The molecule has 1 aromatic heterocycles. The Labute approximate surface area is 115 Å². The van der Waals surface area contributed by atoms with E-state index in [1.165, 1.54) is 21.3 Å². The van der Waals surface area contributed by atoms with Crippen LogP contribution in [0.25, 0.3) is 0 Å². The second-order valence-electron chi connectivity index (χ2n) is 4.72. The Morgan fingerprint density at radius 1 is 1.29 bits per heavy atom. The molecular formula is C12H18N2S3. The first-order valence-electron chi connectivity index (χ1n) is 6.20. The fraction of sp³-hybridized carbons (Fsp3) is 0.750. The van der Waals surface area contributed by atoms with E-state index >= 15 is 0 Å². The third kappa shape index (κ3) is 2.53. The molecule has 0 bridgehead atoms. The van der Waals surface area contributed by atoms with Gasteiger partial charge in [-0.3, -0.25) is 0 Å². The van der Waals surface area contributed by atoms with Crippen molar-refractivity contribution < 1.29 is 0 Å². The van der Waals surface area contributed by atoms with Crippen molar-refractivity contribution in [1.82, 2.24) is 10.3 Å². The molecule has 2 aliphatic heterocycles. The highest BCUT2D eigenvalue weighted by Crippen LogP contribution is 2.45. The van der Waals surface area contributed by atoms with Crippen LogP contribution in [0, 0.1) is 0 Å². The van der Waals surface area contributed by atoms with E-state index in [2.05, 4.69) is 42.7 Å². The number of rotatable bonds is 1. The van der Waals surface area contributed by atoms with E-state index in [0.717, 1.165) is 30.0 Å². The summed E-state index contributed by atoms with van der Waals surface area (Å²) in [6, 6.07) is 0. The van der Waals surface area contributed by atoms with Crippen molar-refractivity contribution in [3.8, 4) is 0 Å². The molecule has 1 aromatic rings. The number of fused-ring (bicyclic) bond motifs is 1. The van der Waals surface area contributed by atoms with Crippen molar-refractivity contribution in [2.24, 2.45) is 0 Å². The predicted octanol–water partition coefficient (Wildman–Crippen LogP) is 3.09. The summed E-state index contributed by atoms with van der Waals surface area (Å²) in [5, 5.41) is 6.96. The second kappa shape index (κ2) is 5.11. The van der Waals surface area contributed by atoms with Gasteiger partial charge in [-0.05, 0) is 0 Å². The molecule has 5 heteroatoms. The van der Waals surface area contributed by atoms with E-state index < -0.39 is 0 Å². The van der Waals surface area contributed by atoms with Crippen LogP contribution in [0.15, 0.2) is 0 Å². The predicted molar refractivity (Wildman–Crippen MR) is 79.2 cm³/mol. The number of hydrogen-bond donors (Lipinski definition) is 1. The van der Waals surface area contributed by atoms with Crippen molar-refractivity contribution in [2.45, 2.75) is 42.6 Å². The van der Waals surface area contributed by atoms with E-state index in [-0.39, 0.29) is 0 Å². The van der Waals surface area contributed by atoms with Gasteiger partial charge in [0.25, 0.3) is 0 Å². The van der Waals surface area contributed by atoms with E-state index in [4.69, 9.17) is 4.98 Å². The average Bonchev–Trinajstić information content (AvgIpc) is 2.76. The fourth-order valence-corrected chi connectivity index (χ4v) is 6.47. The molecule has 3 atom stereocenters. The molecule has 0 amide bonds. The monoisotopic (exact) mass is 286 g/mol. The minimum atomic E-state index is 0.627. The van der Waals surface area contributed by atoms with Gasteiger partial charge in [0.2, 0.25) is 0 Å². The van der Waals surface area contributed by atoms with Gasteiger partial charge >= 0.3 is 0 Å². The van der Waals surface area contributed by atoms with Gasteiger partial charge in [-0.15, -0.1) is 23.1 Å². The molecule has 0 spiro atoms. The number of hydrogen-bond acceptors (Lipinski definition) is 5. The highest BCUT2D eigenvalue weighted by molar-refractivity contribution is 8.07. The molecule has 0 saturated carbocycles. The Balaban J connectivity index is 1.78. The Bertz CT molecular complexity index is 381. The zero-order chi connectivity index (χ0) is 11.8. The molecule has 1 fully saturated rings. The van der Waals surface area contributed by atoms with Gasteiger partial charge in [-0.25, -0.2) is 4.98 Å². The largest absolute Gasteiger partial charge is 0.311 e. The molecule has 0 aliphatic carbocycles. The van der Waals surface area contributed by atoms with Crippen molar-refractivity contribution in [3.05, 3.63) is 15.6 Å². The molecule has 1 saturated heterocycles. The number of aromatic nitrogens is 1. The lowest BCUT2D eigenvalue weighted by Crippen LogP contribution is -2.22. The van der Waals surface area contributed by atoms with Crippen LogP contribution in [-0.4, -0.2) is 27.8 Å². The number of nitrogens with zero attached hydrogens (tertiary/aromatic N) is 1. The molecule has 3 rings (SSSR count).